The number of sulfonamides is 1. The Balaban J connectivity index is 1.70. The molecule has 0 spiro atoms. The number of nitrogens with one attached hydrogen (secondary N) is 1. The smallest absolute Gasteiger partial charge is 0.354 e. The van der Waals surface area contributed by atoms with Gasteiger partial charge in [0.2, 0.25) is 5.91 Å². The third kappa shape index (κ3) is 8.15. The van der Waals surface area contributed by atoms with Crippen LogP contribution in [0.3, 0.4) is 0 Å². The van der Waals surface area contributed by atoms with E-state index in [0.29, 0.717) is 23.3 Å². The number of amides is 1. The summed E-state index contributed by atoms with van der Waals surface area (Å²) in [6.07, 6.45) is -4.16. The van der Waals surface area contributed by atoms with Gasteiger partial charge in [-0.2, -0.15) is 24.9 Å². The molecule has 5 nitrogen and oxygen atoms in total. The molecule has 0 saturated carbocycles. The fourth-order valence-corrected chi connectivity index (χ4v) is 6.06. The van der Waals surface area contributed by atoms with Crippen LogP contribution in [0.5, 0.6) is 0 Å². The first-order chi connectivity index (χ1) is 17.9. The van der Waals surface area contributed by atoms with Crippen molar-refractivity contribution in [3.63, 3.8) is 0 Å². The topological polar surface area (TPSA) is 66.5 Å². The molecule has 0 heterocycles. The summed E-state index contributed by atoms with van der Waals surface area (Å²) >= 11 is 7.43. The minimum atomic E-state index is -4.80. The van der Waals surface area contributed by atoms with Crippen LogP contribution in [0.15, 0.2) is 71.6 Å². The molecule has 1 N–H and O–H groups in total. The lowest BCUT2D eigenvalue weighted by Gasteiger charge is -2.25. The van der Waals surface area contributed by atoms with Crippen molar-refractivity contribution in [1.82, 2.24) is 5.32 Å². The first-order valence-corrected chi connectivity index (χ1v) is 14.7. The molecule has 0 fully saturated rings. The summed E-state index contributed by atoms with van der Waals surface area (Å²) in [5, 5.41) is 2.10. The predicted octanol–water partition coefficient (Wildman–Crippen LogP) is 6.61. The number of hydrogen-bond donors (Lipinski definition) is 1. The SMILES string of the molecule is Cc1ccc(CSCCCNC(=O)CN(c2ccc(Cl)c(C(F)(F)F)c2)S(=O)(=O)c2ccc(C)cc2)cc1. The van der Waals surface area contributed by atoms with Crippen LogP contribution < -0.4 is 9.62 Å². The Morgan fingerprint density at radius 3 is 2.18 bits per heavy atom. The minimum Gasteiger partial charge on any atom is -0.354 e. The van der Waals surface area contributed by atoms with Gasteiger partial charge in [-0.3, -0.25) is 9.10 Å². The Labute approximate surface area is 230 Å². The van der Waals surface area contributed by atoms with Gasteiger partial charge in [-0.05, 0) is 61.9 Å². The van der Waals surface area contributed by atoms with Crippen LogP contribution in [0.4, 0.5) is 18.9 Å². The standard InChI is InChI=1S/C27H28ClF3N2O3S2/c1-19-4-8-21(9-5-19)18-37-15-3-14-32-26(34)17-33(38(35,36)23-11-6-20(2)7-12-23)22-10-13-25(28)24(16-22)27(29,30)31/h4-13,16H,3,14-15,17-18H2,1-2H3,(H,32,34). The Kier molecular flexibility index (Phi) is 10.1. The predicted molar refractivity (Wildman–Crippen MR) is 147 cm³/mol. The fourth-order valence-electron chi connectivity index (χ4n) is 3.50. The second-order valence-corrected chi connectivity index (χ2v) is 12.1. The molecule has 0 aliphatic heterocycles. The summed E-state index contributed by atoms with van der Waals surface area (Å²) < 4.78 is 68.0. The van der Waals surface area contributed by atoms with Gasteiger partial charge in [0, 0.05) is 12.3 Å². The largest absolute Gasteiger partial charge is 0.417 e. The molecule has 204 valence electrons. The third-order valence-electron chi connectivity index (χ3n) is 5.62. The number of anilines is 1. The van der Waals surface area contributed by atoms with Crippen molar-refractivity contribution in [2.24, 2.45) is 0 Å². The van der Waals surface area contributed by atoms with E-state index in [1.54, 1.807) is 30.8 Å². The highest BCUT2D eigenvalue weighted by atomic mass is 35.5. The number of rotatable bonds is 11. The van der Waals surface area contributed by atoms with Crippen molar-refractivity contribution in [1.29, 1.82) is 0 Å². The van der Waals surface area contributed by atoms with Crippen LogP contribution >= 0.6 is 23.4 Å². The van der Waals surface area contributed by atoms with Crippen LogP contribution in [-0.2, 0) is 26.7 Å². The summed E-state index contributed by atoms with van der Waals surface area (Å²) in [4.78, 5) is 12.6. The van der Waals surface area contributed by atoms with E-state index in [1.165, 1.54) is 23.3 Å². The molecule has 0 aromatic heterocycles. The van der Waals surface area contributed by atoms with Crippen LogP contribution in [0, 0.1) is 13.8 Å². The lowest BCUT2D eigenvalue weighted by atomic mass is 10.2. The Morgan fingerprint density at radius 2 is 1.58 bits per heavy atom. The first kappa shape index (κ1) is 29.9. The molecule has 0 aliphatic carbocycles. The van der Waals surface area contributed by atoms with E-state index in [0.717, 1.165) is 29.2 Å². The zero-order valence-corrected chi connectivity index (χ0v) is 23.3. The first-order valence-electron chi connectivity index (χ1n) is 11.7. The van der Waals surface area contributed by atoms with E-state index >= 15 is 0 Å². The molecule has 0 unspecified atom stereocenters. The lowest BCUT2D eigenvalue weighted by Crippen LogP contribution is -2.41. The quantitative estimate of drug-likeness (QED) is 0.258. The number of alkyl halides is 3. The van der Waals surface area contributed by atoms with Gasteiger partial charge in [0.25, 0.3) is 10.0 Å². The summed E-state index contributed by atoms with van der Waals surface area (Å²) in [6, 6.07) is 16.8. The molecule has 0 saturated heterocycles. The molecule has 3 aromatic rings. The number of carbonyl (C=O) groups excluding carboxylic acids is 1. The Morgan fingerprint density at radius 1 is 0.974 bits per heavy atom. The number of benzene rings is 3. The molecular formula is C27H28ClF3N2O3S2. The molecule has 0 aliphatic rings. The maximum absolute atomic E-state index is 13.5. The Hall–Kier alpha value is -2.69. The number of hydrogen-bond acceptors (Lipinski definition) is 4. The highest BCUT2D eigenvalue weighted by Gasteiger charge is 2.35. The molecule has 0 atom stereocenters. The van der Waals surface area contributed by atoms with Crippen LogP contribution in [0.25, 0.3) is 0 Å². The molecule has 0 radical (unpaired) electrons. The van der Waals surface area contributed by atoms with E-state index in [4.69, 9.17) is 11.6 Å². The zero-order chi connectivity index (χ0) is 27.9. The summed E-state index contributed by atoms with van der Waals surface area (Å²) in [7, 11) is -4.36. The van der Waals surface area contributed by atoms with Gasteiger partial charge in [-0.25, -0.2) is 8.42 Å². The van der Waals surface area contributed by atoms with E-state index < -0.39 is 39.2 Å². The molecule has 3 rings (SSSR count). The molecule has 1 amide bonds. The van der Waals surface area contributed by atoms with Gasteiger partial charge in [0.05, 0.1) is 21.2 Å². The lowest BCUT2D eigenvalue weighted by molar-refractivity contribution is -0.137. The molecular weight excluding hydrogens is 557 g/mol. The van der Waals surface area contributed by atoms with E-state index in [9.17, 15) is 26.4 Å². The average molecular weight is 585 g/mol. The average Bonchev–Trinajstić information content (AvgIpc) is 2.85. The second-order valence-electron chi connectivity index (χ2n) is 8.73. The Bertz CT molecular complexity index is 1350. The van der Waals surface area contributed by atoms with Crippen molar-refractivity contribution in [2.45, 2.75) is 37.1 Å². The number of aryl methyl sites for hydroxylation is 2. The second kappa shape index (κ2) is 12.9. The van der Waals surface area contributed by atoms with Crippen molar-refractivity contribution >= 4 is 45.0 Å². The maximum Gasteiger partial charge on any atom is 0.417 e. The van der Waals surface area contributed by atoms with Crippen molar-refractivity contribution < 1.29 is 26.4 Å². The minimum absolute atomic E-state index is 0.146. The van der Waals surface area contributed by atoms with Gasteiger partial charge in [-0.15, -0.1) is 0 Å². The highest BCUT2D eigenvalue weighted by Crippen LogP contribution is 2.38. The highest BCUT2D eigenvalue weighted by molar-refractivity contribution is 7.98. The fraction of sp³-hybridized carbons (Fsp3) is 0.296. The molecule has 11 heteroatoms. The third-order valence-corrected chi connectivity index (χ3v) is 8.85. The zero-order valence-electron chi connectivity index (χ0n) is 20.9. The van der Waals surface area contributed by atoms with Crippen molar-refractivity contribution in [3.8, 4) is 0 Å². The van der Waals surface area contributed by atoms with Crippen molar-refractivity contribution in [2.75, 3.05) is 23.1 Å². The number of nitrogens with zero attached hydrogens (tertiary/aromatic N) is 1. The monoisotopic (exact) mass is 584 g/mol. The van der Waals surface area contributed by atoms with Crippen LogP contribution in [-0.4, -0.2) is 33.2 Å². The van der Waals surface area contributed by atoms with E-state index in [2.05, 4.69) is 17.4 Å². The number of thioether (sulfide) groups is 1. The molecule has 3 aromatic carbocycles. The summed E-state index contributed by atoms with van der Waals surface area (Å²) in [5.74, 6) is 0.966. The number of carbonyl (C=O) groups is 1. The van der Waals surface area contributed by atoms with E-state index in [1.807, 2.05) is 19.1 Å². The van der Waals surface area contributed by atoms with Crippen molar-refractivity contribution in [3.05, 3.63) is 94.0 Å². The summed E-state index contributed by atoms with van der Waals surface area (Å²) in [6.45, 7) is 3.41. The number of halogens is 4. The molecule has 0 bridgehead atoms. The van der Waals surface area contributed by atoms with Crippen LogP contribution in [0.2, 0.25) is 5.02 Å². The maximum atomic E-state index is 13.5. The van der Waals surface area contributed by atoms with Gasteiger partial charge >= 0.3 is 6.18 Å². The van der Waals surface area contributed by atoms with Gasteiger partial charge in [-0.1, -0.05) is 59.1 Å². The van der Waals surface area contributed by atoms with Gasteiger partial charge in [0.1, 0.15) is 6.54 Å². The van der Waals surface area contributed by atoms with Crippen LogP contribution in [0.1, 0.15) is 28.7 Å². The van der Waals surface area contributed by atoms with E-state index in [-0.39, 0.29) is 10.6 Å². The van der Waals surface area contributed by atoms with Gasteiger partial charge in [0.15, 0.2) is 0 Å². The van der Waals surface area contributed by atoms with Gasteiger partial charge < -0.3 is 5.32 Å². The molecule has 38 heavy (non-hydrogen) atoms. The summed E-state index contributed by atoms with van der Waals surface area (Å²) in [5.41, 5.74) is 1.69. The normalized spacial score (nSPS) is 11.8.